The van der Waals surface area contributed by atoms with E-state index >= 15 is 0 Å². The number of carboxylic acid groups (broad SMARTS) is 1. The second-order valence-electron chi connectivity index (χ2n) is 6.36. The fourth-order valence-electron chi connectivity index (χ4n) is 2.92. The largest absolute Gasteiger partial charge is 0.478 e. The molecule has 0 bridgehead atoms. The summed E-state index contributed by atoms with van der Waals surface area (Å²) in [7, 11) is 0. The molecule has 0 radical (unpaired) electrons. The zero-order chi connectivity index (χ0) is 18.0. The number of benzene rings is 1. The van der Waals surface area contributed by atoms with Crippen LogP contribution in [0.3, 0.4) is 0 Å². The molecule has 1 aliphatic heterocycles. The number of carbonyl (C=O) groups is 2. The third-order valence-electron chi connectivity index (χ3n) is 4.58. The number of aromatic nitrogens is 1. The number of piperazine rings is 1. The average molecular weight is 339 g/mol. The predicted octanol–water partition coefficient (Wildman–Crippen LogP) is 2.25. The molecule has 1 saturated heterocycles. The van der Waals surface area contributed by atoms with Gasteiger partial charge in [0.25, 0.3) is 0 Å². The van der Waals surface area contributed by atoms with Gasteiger partial charge in [0.15, 0.2) is 0 Å². The molecule has 0 spiro atoms. The van der Waals surface area contributed by atoms with Crippen LogP contribution in [0.5, 0.6) is 0 Å². The lowest BCUT2D eigenvalue weighted by Gasteiger charge is -2.35. The van der Waals surface area contributed by atoms with Crippen LogP contribution >= 0.6 is 0 Å². The quantitative estimate of drug-likeness (QED) is 0.925. The lowest BCUT2D eigenvalue weighted by Crippen LogP contribution is -2.50. The Morgan fingerprint density at radius 3 is 2.64 bits per heavy atom. The summed E-state index contributed by atoms with van der Waals surface area (Å²) in [6.07, 6.45) is 1.46. The Balaban J connectivity index is 1.68. The molecule has 6 heteroatoms. The number of carbonyl (C=O) groups excluding carboxylic acids is 1. The van der Waals surface area contributed by atoms with Gasteiger partial charge in [0.2, 0.25) is 5.91 Å². The number of hydrogen-bond acceptors (Lipinski definition) is 4. The van der Waals surface area contributed by atoms with E-state index in [9.17, 15) is 9.59 Å². The van der Waals surface area contributed by atoms with Crippen molar-refractivity contribution in [2.45, 2.75) is 20.4 Å². The average Bonchev–Trinajstić information content (AvgIpc) is 2.60. The summed E-state index contributed by atoms with van der Waals surface area (Å²) >= 11 is 0. The monoisotopic (exact) mass is 339 g/mol. The normalized spacial score (nSPS) is 14.7. The molecule has 2 heterocycles. The van der Waals surface area contributed by atoms with Crippen LogP contribution in [0.1, 0.15) is 27.0 Å². The molecule has 0 saturated carbocycles. The van der Waals surface area contributed by atoms with E-state index < -0.39 is 5.97 Å². The Bertz CT molecular complexity index is 819. The Morgan fingerprint density at radius 2 is 1.96 bits per heavy atom. The minimum atomic E-state index is -0.997. The van der Waals surface area contributed by atoms with Crippen LogP contribution < -0.4 is 4.90 Å². The van der Waals surface area contributed by atoms with Gasteiger partial charge in [0.1, 0.15) is 5.82 Å². The first-order valence-corrected chi connectivity index (χ1v) is 8.22. The second kappa shape index (κ2) is 6.93. The highest BCUT2D eigenvalue weighted by molar-refractivity contribution is 5.89. The number of rotatable bonds is 4. The first kappa shape index (κ1) is 17.0. The molecule has 130 valence electrons. The van der Waals surface area contributed by atoms with Crippen LogP contribution in [0.15, 0.2) is 36.5 Å². The maximum atomic E-state index is 12.5. The van der Waals surface area contributed by atoms with Gasteiger partial charge in [0.05, 0.1) is 12.1 Å². The van der Waals surface area contributed by atoms with Gasteiger partial charge in [-0.15, -0.1) is 0 Å². The first-order chi connectivity index (χ1) is 11.9. The lowest BCUT2D eigenvalue weighted by atomic mass is 10.1. The molecule has 25 heavy (non-hydrogen) atoms. The van der Waals surface area contributed by atoms with Gasteiger partial charge in [-0.25, -0.2) is 9.78 Å². The minimum Gasteiger partial charge on any atom is -0.478 e. The summed E-state index contributed by atoms with van der Waals surface area (Å²) < 4.78 is 0. The van der Waals surface area contributed by atoms with Crippen molar-refractivity contribution < 1.29 is 14.7 Å². The van der Waals surface area contributed by atoms with Crippen LogP contribution in [0.25, 0.3) is 0 Å². The van der Waals surface area contributed by atoms with Crippen molar-refractivity contribution in [2.24, 2.45) is 0 Å². The van der Waals surface area contributed by atoms with Crippen molar-refractivity contribution >= 4 is 17.7 Å². The predicted molar refractivity (Wildman–Crippen MR) is 94.7 cm³/mol. The number of aryl methyl sites for hydroxylation is 2. The standard InChI is InChI=1S/C19H21N3O3/c1-13-3-4-15(9-14(13)2)11-22-8-7-21(12-18(22)23)17-10-16(19(24)25)5-6-20-17/h3-6,9-10H,7-8,11-12H2,1-2H3,(H,24,25). The summed E-state index contributed by atoms with van der Waals surface area (Å²) in [6.45, 7) is 6.16. The Kier molecular flexibility index (Phi) is 4.70. The van der Waals surface area contributed by atoms with Gasteiger partial charge in [-0.1, -0.05) is 18.2 Å². The highest BCUT2D eigenvalue weighted by Crippen LogP contribution is 2.18. The van der Waals surface area contributed by atoms with E-state index in [-0.39, 0.29) is 18.0 Å². The highest BCUT2D eigenvalue weighted by Gasteiger charge is 2.25. The molecule has 6 nitrogen and oxygen atoms in total. The molecule has 1 aliphatic rings. The summed E-state index contributed by atoms with van der Waals surface area (Å²) in [4.78, 5) is 31.4. The molecular weight excluding hydrogens is 318 g/mol. The van der Waals surface area contributed by atoms with Crippen molar-refractivity contribution in [2.75, 3.05) is 24.5 Å². The second-order valence-corrected chi connectivity index (χ2v) is 6.36. The molecule has 0 atom stereocenters. The molecule has 1 amide bonds. The molecule has 1 N–H and O–H groups in total. The van der Waals surface area contributed by atoms with Crippen molar-refractivity contribution in [3.05, 3.63) is 58.8 Å². The first-order valence-electron chi connectivity index (χ1n) is 8.22. The van der Waals surface area contributed by atoms with Gasteiger partial charge in [-0.3, -0.25) is 4.79 Å². The van der Waals surface area contributed by atoms with Crippen LogP contribution in [-0.2, 0) is 11.3 Å². The summed E-state index contributed by atoms with van der Waals surface area (Å²) in [5.74, 6) is -0.450. The molecule has 1 aromatic carbocycles. The molecule has 0 aliphatic carbocycles. The van der Waals surface area contributed by atoms with Gasteiger partial charge in [0, 0.05) is 25.8 Å². The maximum absolute atomic E-state index is 12.5. The number of amides is 1. The SMILES string of the molecule is Cc1ccc(CN2CCN(c3cc(C(=O)O)ccn3)CC2=O)cc1C. The Labute approximate surface area is 146 Å². The third kappa shape index (κ3) is 3.79. The smallest absolute Gasteiger partial charge is 0.335 e. The fourth-order valence-corrected chi connectivity index (χ4v) is 2.92. The number of pyridine rings is 1. The fraction of sp³-hybridized carbons (Fsp3) is 0.316. The van der Waals surface area contributed by atoms with Crippen molar-refractivity contribution in [1.82, 2.24) is 9.88 Å². The van der Waals surface area contributed by atoms with E-state index in [0.29, 0.717) is 25.5 Å². The van der Waals surface area contributed by atoms with E-state index in [1.165, 1.54) is 29.5 Å². The zero-order valence-electron chi connectivity index (χ0n) is 14.4. The summed E-state index contributed by atoms with van der Waals surface area (Å²) in [6, 6.07) is 9.21. The molecule has 2 aromatic rings. The number of anilines is 1. The molecule has 3 rings (SSSR count). The van der Waals surface area contributed by atoms with Crippen LogP contribution in [0.4, 0.5) is 5.82 Å². The van der Waals surface area contributed by atoms with Crippen LogP contribution in [-0.4, -0.2) is 46.5 Å². The summed E-state index contributed by atoms with van der Waals surface area (Å²) in [5, 5.41) is 9.09. The minimum absolute atomic E-state index is 0.0204. The van der Waals surface area contributed by atoms with Crippen LogP contribution in [0.2, 0.25) is 0 Å². The van der Waals surface area contributed by atoms with E-state index in [1.54, 1.807) is 0 Å². The van der Waals surface area contributed by atoms with Crippen molar-refractivity contribution in [3.8, 4) is 0 Å². The van der Waals surface area contributed by atoms with E-state index in [4.69, 9.17) is 5.11 Å². The van der Waals surface area contributed by atoms with E-state index in [0.717, 1.165) is 5.56 Å². The van der Waals surface area contributed by atoms with Gasteiger partial charge in [-0.2, -0.15) is 0 Å². The highest BCUT2D eigenvalue weighted by atomic mass is 16.4. The zero-order valence-corrected chi connectivity index (χ0v) is 14.4. The van der Waals surface area contributed by atoms with Gasteiger partial charge >= 0.3 is 5.97 Å². The van der Waals surface area contributed by atoms with E-state index in [1.807, 2.05) is 9.80 Å². The van der Waals surface area contributed by atoms with Gasteiger partial charge < -0.3 is 14.9 Å². The van der Waals surface area contributed by atoms with Crippen molar-refractivity contribution in [3.63, 3.8) is 0 Å². The summed E-state index contributed by atoms with van der Waals surface area (Å²) in [5.41, 5.74) is 3.76. The van der Waals surface area contributed by atoms with Gasteiger partial charge in [-0.05, 0) is 42.7 Å². The van der Waals surface area contributed by atoms with Crippen LogP contribution in [0, 0.1) is 13.8 Å². The number of carboxylic acids is 1. The Hall–Kier alpha value is -2.89. The lowest BCUT2D eigenvalue weighted by molar-refractivity contribution is -0.131. The number of aromatic carboxylic acids is 1. The number of nitrogens with zero attached hydrogens (tertiary/aromatic N) is 3. The molecule has 0 unspecified atom stereocenters. The van der Waals surface area contributed by atoms with E-state index in [2.05, 4.69) is 37.0 Å². The molecular formula is C19H21N3O3. The number of hydrogen-bond donors (Lipinski definition) is 1. The molecule has 1 fully saturated rings. The maximum Gasteiger partial charge on any atom is 0.335 e. The topological polar surface area (TPSA) is 73.7 Å². The van der Waals surface area contributed by atoms with Crippen molar-refractivity contribution in [1.29, 1.82) is 0 Å². The Morgan fingerprint density at radius 1 is 1.16 bits per heavy atom. The third-order valence-corrected chi connectivity index (χ3v) is 4.58. The molecule has 1 aromatic heterocycles.